The van der Waals surface area contributed by atoms with Gasteiger partial charge in [0.1, 0.15) is 12.4 Å². The Kier molecular flexibility index (Phi) is 6.02. The molecular formula is C17H18ClFN2O3S. The molecule has 5 nitrogen and oxygen atoms in total. The van der Waals surface area contributed by atoms with Crippen LogP contribution in [0.3, 0.4) is 0 Å². The van der Waals surface area contributed by atoms with Crippen molar-refractivity contribution in [3.8, 4) is 0 Å². The van der Waals surface area contributed by atoms with E-state index in [0.717, 1.165) is 22.2 Å². The van der Waals surface area contributed by atoms with Crippen molar-refractivity contribution in [1.82, 2.24) is 4.90 Å². The number of amides is 1. The summed E-state index contributed by atoms with van der Waals surface area (Å²) < 4.78 is 38.3. The highest BCUT2D eigenvalue weighted by atomic mass is 35.5. The van der Waals surface area contributed by atoms with Crippen molar-refractivity contribution >= 4 is 33.2 Å². The van der Waals surface area contributed by atoms with Gasteiger partial charge in [-0.05, 0) is 23.8 Å². The van der Waals surface area contributed by atoms with Crippen LogP contribution in [0.25, 0.3) is 0 Å². The number of rotatable bonds is 6. The fraction of sp³-hybridized carbons (Fsp3) is 0.235. The summed E-state index contributed by atoms with van der Waals surface area (Å²) in [6, 6.07) is 12.8. The monoisotopic (exact) mass is 384 g/mol. The van der Waals surface area contributed by atoms with Gasteiger partial charge < -0.3 is 4.90 Å². The van der Waals surface area contributed by atoms with Crippen LogP contribution in [0.5, 0.6) is 0 Å². The molecule has 0 atom stereocenters. The number of hydrogen-bond acceptors (Lipinski definition) is 3. The van der Waals surface area contributed by atoms with E-state index in [1.807, 2.05) is 30.3 Å². The molecule has 0 N–H and O–H groups in total. The maximum atomic E-state index is 13.3. The van der Waals surface area contributed by atoms with Gasteiger partial charge in [-0.15, -0.1) is 0 Å². The molecule has 0 aliphatic rings. The molecule has 1 amide bonds. The predicted octanol–water partition coefficient (Wildman–Crippen LogP) is 2.90. The highest BCUT2D eigenvalue weighted by Gasteiger charge is 2.23. The van der Waals surface area contributed by atoms with Crippen LogP contribution in [0.1, 0.15) is 5.56 Å². The maximum Gasteiger partial charge on any atom is 0.243 e. The number of sulfonamides is 1. The molecule has 0 unspecified atom stereocenters. The van der Waals surface area contributed by atoms with Gasteiger partial charge in [-0.1, -0.05) is 41.9 Å². The van der Waals surface area contributed by atoms with E-state index >= 15 is 0 Å². The van der Waals surface area contributed by atoms with E-state index in [9.17, 15) is 17.6 Å². The fourth-order valence-electron chi connectivity index (χ4n) is 2.23. The van der Waals surface area contributed by atoms with Crippen molar-refractivity contribution in [2.75, 3.05) is 24.2 Å². The molecule has 0 saturated carbocycles. The quantitative estimate of drug-likeness (QED) is 0.769. The number of likely N-dealkylation sites (N-methyl/N-ethyl adjacent to an activating group) is 1. The Balaban J connectivity index is 2.19. The average molecular weight is 385 g/mol. The molecule has 0 fully saturated rings. The molecule has 0 radical (unpaired) electrons. The SMILES string of the molecule is CN(Cc1ccccc1)C(=O)CN(c1ccc(F)c(Cl)c1)S(C)(=O)=O. The number of carbonyl (C=O) groups is 1. The van der Waals surface area contributed by atoms with Crippen LogP contribution in [0, 0.1) is 5.82 Å². The fourth-order valence-corrected chi connectivity index (χ4v) is 3.25. The summed E-state index contributed by atoms with van der Waals surface area (Å²) in [5.41, 5.74) is 1.06. The number of nitrogens with zero attached hydrogens (tertiary/aromatic N) is 2. The van der Waals surface area contributed by atoms with Crippen molar-refractivity contribution < 1.29 is 17.6 Å². The molecule has 0 saturated heterocycles. The molecule has 2 rings (SSSR count). The summed E-state index contributed by atoms with van der Waals surface area (Å²) >= 11 is 5.72. The first-order valence-electron chi connectivity index (χ1n) is 7.39. The summed E-state index contributed by atoms with van der Waals surface area (Å²) in [6.07, 6.45) is 0.981. The van der Waals surface area contributed by atoms with Gasteiger partial charge in [0.15, 0.2) is 0 Å². The largest absolute Gasteiger partial charge is 0.340 e. The predicted molar refractivity (Wildman–Crippen MR) is 96.5 cm³/mol. The molecule has 2 aromatic rings. The van der Waals surface area contributed by atoms with Gasteiger partial charge in [-0.3, -0.25) is 9.10 Å². The zero-order valence-electron chi connectivity index (χ0n) is 13.8. The Labute approximate surface area is 151 Å². The number of anilines is 1. The Morgan fingerprint density at radius 3 is 2.36 bits per heavy atom. The second kappa shape index (κ2) is 7.84. The third kappa shape index (κ3) is 5.17. The Morgan fingerprint density at radius 1 is 1.16 bits per heavy atom. The second-order valence-electron chi connectivity index (χ2n) is 5.60. The Morgan fingerprint density at radius 2 is 1.80 bits per heavy atom. The van der Waals surface area contributed by atoms with Crippen LogP contribution < -0.4 is 4.31 Å². The van der Waals surface area contributed by atoms with Crippen molar-refractivity contribution in [2.45, 2.75) is 6.54 Å². The van der Waals surface area contributed by atoms with Crippen LogP contribution in [0.15, 0.2) is 48.5 Å². The van der Waals surface area contributed by atoms with Crippen molar-refractivity contribution in [3.63, 3.8) is 0 Å². The van der Waals surface area contributed by atoms with Gasteiger partial charge in [0, 0.05) is 13.6 Å². The van der Waals surface area contributed by atoms with Crippen molar-refractivity contribution in [3.05, 3.63) is 64.9 Å². The lowest BCUT2D eigenvalue weighted by Crippen LogP contribution is -2.41. The van der Waals surface area contributed by atoms with Crippen LogP contribution in [-0.4, -0.2) is 39.1 Å². The summed E-state index contributed by atoms with van der Waals surface area (Å²) in [6.45, 7) is -0.0500. The smallest absolute Gasteiger partial charge is 0.243 e. The second-order valence-corrected chi connectivity index (χ2v) is 7.92. The minimum Gasteiger partial charge on any atom is -0.340 e. The van der Waals surface area contributed by atoms with Crippen molar-refractivity contribution in [2.24, 2.45) is 0 Å². The molecule has 0 bridgehead atoms. The van der Waals surface area contributed by atoms with E-state index in [4.69, 9.17) is 11.6 Å². The van der Waals surface area contributed by atoms with Crippen LogP contribution in [0.4, 0.5) is 10.1 Å². The normalized spacial score (nSPS) is 11.2. The van der Waals surface area contributed by atoms with E-state index in [0.29, 0.717) is 6.54 Å². The van der Waals surface area contributed by atoms with Crippen LogP contribution in [-0.2, 0) is 21.4 Å². The molecule has 0 aliphatic heterocycles. The van der Waals surface area contributed by atoms with Crippen LogP contribution >= 0.6 is 11.6 Å². The van der Waals surface area contributed by atoms with E-state index in [-0.39, 0.29) is 10.7 Å². The summed E-state index contributed by atoms with van der Waals surface area (Å²) in [5, 5.41) is -0.212. The van der Waals surface area contributed by atoms with E-state index in [1.165, 1.54) is 17.0 Å². The maximum absolute atomic E-state index is 13.3. The van der Waals surface area contributed by atoms with Gasteiger partial charge in [0.25, 0.3) is 0 Å². The Bertz CT molecular complexity index is 859. The minimum absolute atomic E-state index is 0.135. The lowest BCUT2D eigenvalue weighted by Gasteiger charge is -2.25. The molecule has 0 heterocycles. The average Bonchev–Trinajstić information content (AvgIpc) is 2.55. The molecular weight excluding hydrogens is 367 g/mol. The molecule has 0 spiro atoms. The number of carbonyl (C=O) groups excluding carboxylic acids is 1. The van der Waals surface area contributed by atoms with Gasteiger partial charge >= 0.3 is 0 Å². The standard InChI is InChI=1S/C17H18ClFN2O3S/c1-20(11-13-6-4-3-5-7-13)17(22)12-21(25(2,23)24)14-8-9-16(19)15(18)10-14/h3-10H,11-12H2,1-2H3. The van der Waals surface area contributed by atoms with E-state index in [1.54, 1.807) is 7.05 Å². The number of halogens is 2. The first-order chi connectivity index (χ1) is 11.7. The molecule has 0 aliphatic carbocycles. The van der Waals surface area contributed by atoms with Gasteiger partial charge in [0.2, 0.25) is 15.9 Å². The molecule has 2 aromatic carbocycles. The lowest BCUT2D eigenvalue weighted by molar-refractivity contribution is -0.128. The Hall–Kier alpha value is -2.12. The number of hydrogen-bond donors (Lipinski definition) is 0. The van der Waals surface area contributed by atoms with Crippen LogP contribution in [0.2, 0.25) is 5.02 Å². The summed E-state index contributed by atoms with van der Waals surface area (Å²) in [7, 11) is -2.15. The first kappa shape index (κ1) is 19.2. The van der Waals surface area contributed by atoms with Gasteiger partial charge in [0.05, 0.1) is 17.0 Å². The molecule has 134 valence electrons. The van der Waals surface area contributed by atoms with E-state index in [2.05, 4.69) is 0 Å². The molecule has 0 aromatic heterocycles. The van der Waals surface area contributed by atoms with Crippen molar-refractivity contribution in [1.29, 1.82) is 0 Å². The third-order valence-electron chi connectivity index (χ3n) is 3.56. The molecule has 25 heavy (non-hydrogen) atoms. The minimum atomic E-state index is -3.74. The van der Waals surface area contributed by atoms with Gasteiger partial charge in [-0.25, -0.2) is 12.8 Å². The highest BCUT2D eigenvalue weighted by molar-refractivity contribution is 7.92. The van der Waals surface area contributed by atoms with Gasteiger partial charge in [-0.2, -0.15) is 0 Å². The zero-order chi connectivity index (χ0) is 18.6. The third-order valence-corrected chi connectivity index (χ3v) is 4.99. The summed E-state index contributed by atoms with van der Waals surface area (Å²) in [4.78, 5) is 13.9. The van der Waals surface area contributed by atoms with E-state index < -0.39 is 28.3 Å². The lowest BCUT2D eigenvalue weighted by atomic mass is 10.2. The highest BCUT2D eigenvalue weighted by Crippen LogP contribution is 2.24. The topological polar surface area (TPSA) is 57.7 Å². The molecule has 8 heteroatoms. The first-order valence-corrected chi connectivity index (χ1v) is 9.62. The number of benzene rings is 2. The summed E-state index contributed by atoms with van der Waals surface area (Å²) in [5.74, 6) is -1.05. The zero-order valence-corrected chi connectivity index (χ0v) is 15.4.